The Morgan fingerprint density at radius 2 is 1.97 bits per heavy atom. The standard InChI is InChI=1S/C22H21FN2O4/c1-24(2)9-10-25-19(13-5-4-6-15(11-13)28-3)18-20(26)16-12-14(23)7-8-17(16)29-21(18)22(25)27/h4-8,11-12,19H,9-10H2,1-3H3/p+1/t19-/m0/s1. The largest absolute Gasteiger partial charge is 0.497 e. The lowest BCUT2D eigenvalue weighted by atomic mass is 9.98. The molecule has 6 nitrogen and oxygen atoms in total. The van der Waals surface area contributed by atoms with E-state index < -0.39 is 11.9 Å². The summed E-state index contributed by atoms with van der Waals surface area (Å²) in [4.78, 5) is 29.3. The van der Waals surface area contributed by atoms with E-state index in [1.165, 1.54) is 17.0 Å². The van der Waals surface area contributed by atoms with Crippen molar-refractivity contribution in [1.82, 2.24) is 4.90 Å². The Bertz CT molecular complexity index is 1160. The molecule has 150 valence electrons. The van der Waals surface area contributed by atoms with Gasteiger partial charge in [0.2, 0.25) is 5.76 Å². The van der Waals surface area contributed by atoms with E-state index in [0.29, 0.717) is 18.8 Å². The van der Waals surface area contributed by atoms with Crippen LogP contribution in [-0.4, -0.2) is 45.1 Å². The Morgan fingerprint density at radius 1 is 1.17 bits per heavy atom. The summed E-state index contributed by atoms with van der Waals surface area (Å²) >= 11 is 0. The molecule has 1 aliphatic rings. The molecule has 2 heterocycles. The molecule has 3 aromatic rings. The number of likely N-dealkylation sites (N-methyl/N-ethyl adjacent to an activating group) is 1. The van der Waals surface area contributed by atoms with Crippen LogP contribution in [0.5, 0.6) is 5.75 Å². The van der Waals surface area contributed by atoms with Gasteiger partial charge < -0.3 is 19.0 Å². The van der Waals surface area contributed by atoms with Crippen LogP contribution in [0.2, 0.25) is 0 Å². The summed E-state index contributed by atoms with van der Waals surface area (Å²) in [5, 5.41) is 0.129. The lowest BCUT2D eigenvalue weighted by molar-refractivity contribution is -0.857. The van der Waals surface area contributed by atoms with Crippen molar-refractivity contribution in [3.8, 4) is 5.75 Å². The molecule has 0 fully saturated rings. The second-order valence-corrected chi connectivity index (χ2v) is 7.45. The van der Waals surface area contributed by atoms with Gasteiger partial charge in [0.05, 0.1) is 51.3 Å². The van der Waals surface area contributed by atoms with Gasteiger partial charge in [0, 0.05) is 0 Å². The van der Waals surface area contributed by atoms with Crippen molar-refractivity contribution >= 4 is 16.9 Å². The first-order valence-corrected chi connectivity index (χ1v) is 9.41. The zero-order valence-electron chi connectivity index (χ0n) is 16.5. The molecule has 29 heavy (non-hydrogen) atoms. The Labute approximate surface area is 167 Å². The summed E-state index contributed by atoms with van der Waals surface area (Å²) < 4.78 is 24.9. The van der Waals surface area contributed by atoms with Gasteiger partial charge in [-0.25, -0.2) is 4.39 Å². The smallest absolute Gasteiger partial charge is 0.291 e. The van der Waals surface area contributed by atoms with Gasteiger partial charge in [0.1, 0.15) is 17.1 Å². The monoisotopic (exact) mass is 397 g/mol. The maximum Gasteiger partial charge on any atom is 0.291 e. The quantitative estimate of drug-likeness (QED) is 0.711. The van der Waals surface area contributed by atoms with E-state index in [-0.39, 0.29) is 33.6 Å². The minimum atomic E-state index is -0.615. The zero-order chi connectivity index (χ0) is 20.7. The number of carbonyl (C=O) groups is 1. The number of rotatable bonds is 5. The van der Waals surface area contributed by atoms with Crippen molar-refractivity contribution in [1.29, 1.82) is 0 Å². The predicted molar refractivity (Wildman–Crippen MR) is 106 cm³/mol. The number of nitrogens with one attached hydrogen (secondary N) is 1. The van der Waals surface area contributed by atoms with Gasteiger partial charge in [-0.05, 0) is 35.9 Å². The topological polar surface area (TPSA) is 64.2 Å². The molecule has 0 radical (unpaired) electrons. The maximum atomic E-state index is 13.8. The fraction of sp³-hybridized carbons (Fsp3) is 0.273. The van der Waals surface area contributed by atoms with E-state index in [0.717, 1.165) is 11.6 Å². The first kappa shape index (κ1) is 19.1. The number of fused-ring (bicyclic) bond motifs is 2. The van der Waals surface area contributed by atoms with Crippen LogP contribution in [0, 0.1) is 5.82 Å². The van der Waals surface area contributed by atoms with Gasteiger partial charge in [-0.1, -0.05) is 12.1 Å². The molecule has 2 aromatic carbocycles. The molecular formula is C22H22FN2O4+. The SMILES string of the molecule is COc1cccc([C@H]2c3c(oc4ccc(F)cc4c3=O)C(=O)N2CC[NH+](C)C)c1. The van der Waals surface area contributed by atoms with Gasteiger partial charge in [0.15, 0.2) is 5.43 Å². The van der Waals surface area contributed by atoms with Crippen LogP contribution in [0.15, 0.2) is 51.7 Å². The lowest BCUT2D eigenvalue weighted by Crippen LogP contribution is -3.06. The summed E-state index contributed by atoms with van der Waals surface area (Å²) in [6.45, 7) is 1.14. The Balaban J connectivity index is 1.95. The molecule has 0 spiro atoms. The van der Waals surface area contributed by atoms with Crippen molar-refractivity contribution in [3.63, 3.8) is 0 Å². The maximum absolute atomic E-state index is 13.8. The molecule has 1 amide bonds. The lowest BCUT2D eigenvalue weighted by Gasteiger charge is -2.25. The molecule has 4 rings (SSSR count). The third kappa shape index (κ3) is 3.27. The Hall–Kier alpha value is -3.19. The highest BCUT2D eigenvalue weighted by Crippen LogP contribution is 2.38. The van der Waals surface area contributed by atoms with Crippen LogP contribution in [0.4, 0.5) is 4.39 Å². The van der Waals surface area contributed by atoms with Crippen molar-refractivity contribution in [2.45, 2.75) is 6.04 Å². The van der Waals surface area contributed by atoms with Gasteiger partial charge in [-0.15, -0.1) is 0 Å². The second-order valence-electron chi connectivity index (χ2n) is 7.45. The van der Waals surface area contributed by atoms with Crippen LogP contribution in [-0.2, 0) is 0 Å². The summed E-state index contributed by atoms with van der Waals surface area (Å²) in [7, 11) is 5.55. The minimum Gasteiger partial charge on any atom is -0.497 e. The summed E-state index contributed by atoms with van der Waals surface area (Å²) in [5.41, 5.74) is 0.804. The first-order valence-electron chi connectivity index (χ1n) is 9.41. The molecule has 1 atom stereocenters. The van der Waals surface area contributed by atoms with Gasteiger partial charge in [-0.3, -0.25) is 9.59 Å². The molecule has 0 saturated heterocycles. The van der Waals surface area contributed by atoms with E-state index in [4.69, 9.17) is 9.15 Å². The average molecular weight is 397 g/mol. The third-order valence-electron chi connectivity index (χ3n) is 5.19. The van der Waals surface area contributed by atoms with E-state index >= 15 is 0 Å². The summed E-state index contributed by atoms with van der Waals surface area (Å²) in [6, 6.07) is 10.4. The number of amides is 1. The molecule has 0 aliphatic carbocycles. The second kappa shape index (κ2) is 7.33. The third-order valence-corrected chi connectivity index (χ3v) is 5.19. The van der Waals surface area contributed by atoms with Crippen LogP contribution in [0.25, 0.3) is 11.0 Å². The van der Waals surface area contributed by atoms with E-state index in [2.05, 4.69) is 0 Å². The summed E-state index contributed by atoms with van der Waals surface area (Å²) in [6.07, 6.45) is 0. The van der Waals surface area contributed by atoms with Crippen molar-refractivity contribution in [3.05, 3.63) is 75.4 Å². The Kier molecular flexibility index (Phi) is 4.84. The molecular weight excluding hydrogens is 375 g/mol. The number of halogens is 1. The molecule has 1 N–H and O–H groups in total. The normalized spacial score (nSPS) is 16.0. The van der Waals surface area contributed by atoms with Crippen molar-refractivity contribution in [2.75, 3.05) is 34.3 Å². The number of methoxy groups -OCH3 is 1. The van der Waals surface area contributed by atoms with Crippen LogP contribution >= 0.6 is 0 Å². The predicted octanol–water partition coefficient (Wildman–Crippen LogP) is 1.63. The first-order chi connectivity index (χ1) is 13.9. The average Bonchev–Trinajstić information content (AvgIpc) is 2.99. The number of hydrogen-bond acceptors (Lipinski definition) is 4. The molecule has 0 bridgehead atoms. The van der Waals surface area contributed by atoms with Crippen LogP contribution < -0.4 is 15.1 Å². The number of ether oxygens (including phenoxy) is 1. The van der Waals surface area contributed by atoms with E-state index in [1.54, 1.807) is 24.1 Å². The van der Waals surface area contributed by atoms with E-state index in [1.807, 2.05) is 26.2 Å². The fourth-order valence-electron chi connectivity index (χ4n) is 3.73. The van der Waals surface area contributed by atoms with E-state index in [9.17, 15) is 14.0 Å². The highest BCUT2D eigenvalue weighted by Gasteiger charge is 2.43. The fourth-order valence-corrected chi connectivity index (χ4v) is 3.73. The molecule has 0 unspecified atom stereocenters. The minimum absolute atomic E-state index is 0.0238. The number of carbonyl (C=O) groups excluding carboxylic acids is 1. The molecule has 7 heteroatoms. The van der Waals surface area contributed by atoms with Gasteiger partial charge in [0.25, 0.3) is 5.91 Å². The van der Waals surface area contributed by atoms with Gasteiger partial charge in [-0.2, -0.15) is 0 Å². The van der Waals surface area contributed by atoms with Crippen molar-refractivity contribution in [2.24, 2.45) is 0 Å². The highest BCUT2D eigenvalue weighted by atomic mass is 19.1. The number of hydrogen-bond donors (Lipinski definition) is 1. The molecule has 0 saturated carbocycles. The zero-order valence-corrected chi connectivity index (χ0v) is 16.5. The summed E-state index contributed by atoms with van der Waals surface area (Å²) in [5.74, 6) is -0.217. The Morgan fingerprint density at radius 3 is 2.69 bits per heavy atom. The number of nitrogens with zero attached hydrogens (tertiary/aromatic N) is 1. The molecule has 1 aliphatic heterocycles. The van der Waals surface area contributed by atoms with Crippen molar-refractivity contribution < 1.29 is 23.2 Å². The van der Waals surface area contributed by atoms with Crippen LogP contribution in [0.3, 0.4) is 0 Å². The van der Waals surface area contributed by atoms with Gasteiger partial charge >= 0.3 is 0 Å². The number of quaternary nitrogens is 1. The highest BCUT2D eigenvalue weighted by molar-refractivity contribution is 5.99. The number of benzene rings is 2. The molecule has 1 aromatic heterocycles. The van der Waals surface area contributed by atoms with Crippen LogP contribution in [0.1, 0.15) is 27.7 Å².